The minimum Gasteiger partial charge on any atom is -1.00 e. The van der Waals surface area contributed by atoms with E-state index in [4.69, 9.17) is 32.7 Å². The molecular weight excluding hydrogens is 615 g/mol. The van der Waals surface area contributed by atoms with Crippen LogP contribution in [0.3, 0.4) is 0 Å². The number of halogens is 3. The van der Waals surface area contributed by atoms with Crippen LogP contribution in [0.15, 0.2) is 89.0 Å². The first-order chi connectivity index (χ1) is 18.7. The Kier molecular flexibility index (Phi) is 7.47. The number of hydrogen-bond donors (Lipinski definition) is 1. The van der Waals surface area contributed by atoms with Gasteiger partial charge in [0.15, 0.2) is 17.5 Å². The largest absolute Gasteiger partial charge is 1.00 e. The van der Waals surface area contributed by atoms with E-state index in [2.05, 4.69) is 51.7 Å². The van der Waals surface area contributed by atoms with Crippen molar-refractivity contribution in [1.82, 2.24) is 0 Å². The zero-order valence-corrected chi connectivity index (χ0v) is 24.8. The third-order valence-corrected chi connectivity index (χ3v) is 8.94. The SMILES string of the molecule is Clc1ccccc1C=C1CCCC2=C1Nc1scc(-c3ccc4c(c3)OCCO4)[n+]1C2c1ccccc1Cl.[Br-]. The second kappa shape index (κ2) is 11.0. The van der Waals surface area contributed by atoms with Gasteiger partial charge in [-0.1, -0.05) is 70.9 Å². The predicted octanol–water partition coefficient (Wildman–Crippen LogP) is 5.32. The maximum Gasteiger partial charge on any atom is 0.340 e. The number of fused-ring (bicyclic) bond motifs is 2. The molecule has 0 amide bonds. The van der Waals surface area contributed by atoms with Gasteiger partial charge in [-0.25, -0.2) is 9.88 Å². The number of nitrogens with zero attached hydrogens (tertiary/aromatic N) is 1. The lowest BCUT2D eigenvalue weighted by atomic mass is 9.83. The van der Waals surface area contributed by atoms with Crippen LogP contribution >= 0.6 is 34.5 Å². The molecule has 0 spiro atoms. The molecule has 4 aromatic rings. The maximum absolute atomic E-state index is 6.88. The molecular formula is C31H25BrCl2N2O2S. The minimum atomic E-state index is -0.0284. The first-order valence-corrected chi connectivity index (χ1v) is 14.4. The summed E-state index contributed by atoms with van der Waals surface area (Å²) in [6.45, 7) is 1.14. The summed E-state index contributed by atoms with van der Waals surface area (Å²) < 4.78 is 14.1. The monoisotopic (exact) mass is 638 g/mol. The average molecular weight is 640 g/mol. The van der Waals surface area contributed by atoms with Crippen molar-refractivity contribution in [2.75, 3.05) is 18.5 Å². The molecule has 3 aromatic carbocycles. The van der Waals surface area contributed by atoms with Gasteiger partial charge in [0.2, 0.25) is 0 Å². The van der Waals surface area contributed by atoms with Crippen molar-refractivity contribution in [2.45, 2.75) is 25.3 Å². The summed E-state index contributed by atoms with van der Waals surface area (Å²) in [5.74, 6) is 1.58. The second-order valence-electron chi connectivity index (χ2n) is 9.65. The zero-order valence-electron chi connectivity index (χ0n) is 20.9. The number of aromatic nitrogens is 1. The van der Waals surface area contributed by atoms with Gasteiger partial charge >= 0.3 is 5.13 Å². The highest BCUT2D eigenvalue weighted by molar-refractivity contribution is 7.13. The number of ether oxygens (including phenoxy) is 2. The van der Waals surface area contributed by atoms with Crippen LogP contribution in [0.1, 0.15) is 36.4 Å². The predicted molar refractivity (Wildman–Crippen MR) is 154 cm³/mol. The van der Waals surface area contributed by atoms with Crippen molar-refractivity contribution in [3.63, 3.8) is 0 Å². The summed E-state index contributed by atoms with van der Waals surface area (Å²) in [7, 11) is 0. The molecule has 3 aliphatic rings. The lowest BCUT2D eigenvalue weighted by Gasteiger charge is -2.31. The van der Waals surface area contributed by atoms with Crippen LogP contribution in [0.25, 0.3) is 17.3 Å². The number of benzene rings is 3. The third kappa shape index (κ3) is 4.78. The van der Waals surface area contributed by atoms with Crippen molar-refractivity contribution in [1.29, 1.82) is 0 Å². The van der Waals surface area contributed by atoms with Gasteiger partial charge in [-0.05, 0) is 66.8 Å². The molecule has 0 bridgehead atoms. The fourth-order valence-corrected chi connectivity index (χ4v) is 7.04. The van der Waals surface area contributed by atoms with E-state index in [1.807, 2.05) is 36.4 Å². The van der Waals surface area contributed by atoms with Crippen molar-refractivity contribution < 1.29 is 31.0 Å². The maximum atomic E-state index is 6.88. The van der Waals surface area contributed by atoms with Gasteiger partial charge in [-0.2, -0.15) is 0 Å². The van der Waals surface area contributed by atoms with Gasteiger partial charge in [0, 0.05) is 32.1 Å². The fraction of sp³-hybridized carbons (Fsp3) is 0.194. The Morgan fingerprint density at radius 3 is 2.49 bits per heavy atom. The van der Waals surface area contributed by atoms with Gasteiger partial charge in [-0.3, -0.25) is 0 Å². The minimum absolute atomic E-state index is 0. The molecule has 1 atom stereocenters. The van der Waals surface area contributed by atoms with E-state index in [1.54, 1.807) is 11.3 Å². The Bertz CT molecular complexity index is 1630. The van der Waals surface area contributed by atoms with Gasteiger partial charge < -0.3 is 26.5 Å². The van der Waals surface area contributed by atoms with Crippen LogP contribution in [-0.2, 0) is 0 Å². The molecule has 0 saturated carbocycles. The lowest BCUT2D eigenvalue weighted by Crippen LogP contribution is -3.00. The van der Waals surface area contributed by atoms with E-state index in [0.29, 0.717) is 13.2 Å². The first kappa shape index (κ1) is 26.5. The number of hydrogen-bond acceptors (Lipinski definition) is 4. The molecule has 3 heterocycles. The van der Waals surface area contributed by atoms with Gasteiger partial charge in [0.25, 0.3) is 0 Å². The van der Waals surface area contributed by atoms with Gasteiger partial charge in [0.05, 0.1) is 0 Å². The van der Waals surface area contributed by atoms with E-state index >= 15 is 0 Å². The van der Waals surface area contributed by atoms with Crippen molar-refractivity contribution >= 4 is 45.7 Å². The number of nitrogens with one attached hydrogen (secondary N) is 1. The molecule has 7 rings (SSSR count). The molecule has 1 aliphatic carbocycles. The molecule has 198 valence electrons. The summed E-state index contributed by atoms with van der Waals surface area (Å²) in [4.78, 5) is 0. The highest BCUT2D eigenvalue weighted by Gasteiger charge is 2.41. The van der Waals surface area contributed by atoms with Crippen LogP contribution in [-0.4, -0.2) is 13.2 Å². The number of thiazole rings is 1. The molecule has 2 aliphatic heterocycles. The molecule has 0 radical (unpaired) electrons. The first-order valence-electron chi connectivity index (χ1n) is 12.8. The second-order valence-corrected chi connectivity index (χ2v) is 11.3. The van der Waals surface area contributed by atoms with Crippen LogP contribution < -0.4 is 36.3 Å². The summed E-state index contributed by atoms with van der Waals surface area (Å²) in [5, 5.41) is 8.63. The molecule has 1 N–H and O–H groups in total. The summed E-state index contributed by atoms with van der Waals surface area (Å²) in [5.41, 5.74) is 8.16. The Morgan fingerprint density at radius 2 is 1.67 bits per heavy atom. The van der Waals surface area contributed by atoms with Gasteiger partial charge in [-0.15, -0.1) is 0 Å². The van der Waals surface area contributed by atoms with Crippen molar-refractivity contribution in [2.24, 2.45) is 0 Å². The standard InChI is InChI=1S/C31H24Cl2N2O2S.BrH/c32-24-10-3-1-6-19(24)16-21-7-5-9-23-29(21)34-31-35(30(23)22-8-2-4-11-25(22)33)26(18-38-31)20-12-13-27-28(17-20)37-15-14-36-27;/h1-4,6,8,10-13,16-18,30H,5,7,9,14-15H2;1H. The van der Waals surface area contributed by atoms with Crippen LogP contribution in [0, 0.1) is 0 Å². The Balaban J connectivity index is 0.00000277. The van der Waals surface area contributed by atoms with E-state index in [9.17, 15) is 0 Å². The fourth-order valence-electron chi connectivity index (χ4n) is 5.66. The van der Waals surface area contributed by atoms with Gasteiger partial charge in [0.1, 0.15) is 24.6 Å². The molecule has 4 nitrogen and oxygen atoms in total. The molecule has 8 heteroatoms. The molecule has 1 aromatic heterocycles. The summed E-state index contributed by atoms with van der Waals surface area (Å²) >= 11 is 15.1. The van der Waals surface area contributed by atoms with E-state index in [-0.39, 0.29) is 23.0 Å². The zero-order chi connectivity index (χ0) is 25.6. The Hall–Kier alpha value is -2.77. The van der Waals surface area contributed by atoms with Crippen LogP contribution in [0.5, 0.6) is 11.5 Å². The van der Waals surface area contributed by atoms with Crippen LogP contribution in [0.4, 0.5) is 5.13 Å². The summed E-state index contributed by atoms with van der Waals surface area (Å²) in [6.07, 6.45) is 5.28. The number of allylic oxidation sites excluding steroid dienone is 2. The molecule has 39 heavy (non-hydrogen) atoms. The molecule has 0 fully saturated rings. The number of anilines is 1. The lowest BCUT2D eigenvalue weighted by molar-refractivity contribution is -0.679. The topological polar surface area (TPSA) is 34.4 Å². The highest BCUT2D eigenvalue weighted by Crippen LogP contribution is 2.46. The van der Waals surface area contributed by atoms with E-state index < -0.39 is 0 Å². The van der Waals surface area contributed by atoms with Crippen molar-refractivity contribution in [3.8, 4) is 22.8 Å². The summed E-state index contributed by atoms with van der Waals surface area (Å²) in [6, 6.07) is 22.4. The Labute approximate surface area is 252 Å². The average Bonchev–Trinajstić information content (AvgIpc) is 3.37. The van der Waals surface area contributed by atoms with E-state index in [0.717, 1.165) is 68.3 Å². The third-order valence-electron chi connectivity index (χ3n) is 7.39. The van der Waals surface area contributed by atoms with Crippen LogP contribution in [0.2, 0.25) is 10.0 Å². The smallest absolute Gasteiger partial charge is 0.340 e. The highest BCUT2D eigenvalue weighted by atomic mass is 79.9. The quantitative estimate of drug-likeness (QED) is 0.308. The van der Waals surface area contributed by atoms with E-state index in [1.165, 1.54) is 16.8 Å². The molecule has 1 unspecified atom stereocenters. The number of rotatable bonds is 3. The normalized spacial score (nSPS) is 18.6. The molecule has 0 saturated heterocycles. The van der Waals surface area contributed by atoms with Crippen molar-refractivity contribution in [3.05, 3.63) is 110 Å². The Morgan fingerprint density at radius 1 is 0.897 bits per heavy atom.